The number of para-hydroxylation sites is 1. The molecule has 1 aliphatic rings. The lowest BCUT2D eigenvalue weighted by Crippen LogP contribution is -2.32. The van der Waals surface area contributed by atoms with Gasteiger partial charge in [-0.25, -0.2) is 4.98 Å². The van der Waals surface area contributed by atoms with Crippen LogP contribution in [0.3, 0.4) is 0 Å². The lowest BCUT2D eigenvalue weighted by Gasteiger charge is -2.25. The van der Waals surface area contributed by atoms with Gasteiger partial charge in [0.25, 0.3) is 0 Å². The molecule has 11 heteroatoms. The minimum atomic E-state index is -1.22. The van der Waals surface area contributed by atoms with Crippen LogP contribution in [0.2, 0.25) is 5.02 Å². The maximum Gasteiger partial charge on any atom is 0.229 e. The Kier molecular flexibility index (Phi) is 11.1. The summed E-state index contributed by atoms with van der Waals surface area (Å²) in [7, 11) is -1.22. The second-order valence-electron chi connectivity index (χ2n) is 10.6. The molecular formula is C31H38ClN5O4S. The van der Waals surface area contributed by atoms with Crippen molar-refractivity contribution in [2.45, 2.75) is 69.2 Å². The van der Waals surface area contributed by atoms with Crippen molar-refractivity contribution in [3.63, 3.8) is 0 Å². The molecule has 1 aromatic heterocycles. The lowest BCUT2D eigenvalue weighted by molar-refractivity contribution is 0.112. The summed E-state index contributed by atoms with van der Waals surface area (Å²) in [5.74, 6) is 1.16. The quantitative estimate of drug-likeness (QED) is 0.166. The molecule has 42 heavy (non-hydrogen) atoms. The number of halogens is 1. The van der Waals surface area contributed by atoms with Crippen molar-refractivity contribution in [3.05, 3.63) is 64.8 Å². The van der Waals surface area contributed by atoms with Gasteiger partial charge in [0.1, 0.15) is 10.8 Å². The van der Waals surface area contributed by atoms with Gasteiger partial charge in [0, 0.05) is 23.4 Å². The van der Waals surface area contributed by atoms with Crippen LogP contribution < -0.4 is 20.7 Å². The van der Waals surface area contributed by atoms with Gasteiger partial charge in [-0.15, -0.1) is 0 Å². The van der Waals surface area contributed by atoms with Crippen molar-refractivity contribution in [3.8, 4) is 5.75 Å². The largest absolute Gasteiger partial charge is 0.489 e. The van der Waals surface area contributed by atoms with Gasteiger partial charge in [0.05, 0.1) is 46.0 Å². The van der Waals surface area contributed by atoms with Gasteiger partial charge in [-0.1, -0.05) is 43.7 Å². The van der Waals surface area contributed by atoms with Crippen molar-refractivity contribution in [1.82, 2.24) is 15.3 Å². The number of aromatic nitrogens is 2. The molecule has 0 saturated heterocycles. The van der Waals surface area contributed by atoms with Crippen molar-refractivity contribution in [2.75, 3.05) is 23.8 Å². The Labute approximate surface area is 254 Å². The van der Waals surface area contributed by atoms with E-state index in [0.717, 1.165) is 36.7 Å². The molecule has 0 spiro atoms. The van der Waals surface area contributed by atoms with E-state index >= 15 is 0 Å². The fourth-order valence-electron chi connectivity index (χ4n) is 4.72. The molecule has 2 atom stereocenters. The monoisotopic (exact) mass is 611 g/mol. The minimum absolute atomic E-state index is 0.0610. The van der Waals surface area contributed by atoms with Gasteiger partial charge in [-0.05, 0) is 68.5 Å². The molecule has 1 aliphatic carbocycles. The number of anilines is 4. The summed E-state index contributed by atoms with van der Waals surface area (Å²) in [5, 5.41) is 19.1. The first-order valence-corrected chi connectivity index (χ1v) is 15.7. The molecule has 2 aromatic carbocycles. The molecule has 4 N–H and O–H groups in total. The standard InChI is InChI=1S/C31H38ClN5O4S/c1-19(2)41-28-16-24(21-9-11-23(12-10-21)33-13-14-38)22(18-39)15-27(28)36-31-34-17-25(32)30(37-31)35-26-7-5-6-8-29(26)42(40)20(3)4/h5-9,15-20,23,33,38H,10-14H2,1-4H3,(H2,34,35,36,37). The highest BCUT2D eigenvalue weighted by atomic mass is 35.5. The molecule has 0 radical (unpaired) electrons. The van der Waals surface area contributed by atoms with E-state index < -0.39 is 10.8 Å². The molecule has 0 amide bonds. The molecular weight excluding hydrogens is 574 g/mol. The smallest absolute Gasteiger partial charge is 0.229 e. The van der Waals surface area contributed by atoms with E-state index in [1.54, 1.807) is 6.07 Å². The highest BCUT2D eigenvalue weighted by Gasteiger charge is 2.21. The fraction of sp³-hybridized carbons (Fsp3) is 0.387. The number of carbonyl (C=O) groups is 1. The third-order valence-electron chi connectivity index (χ3n) is 6.72. The number of hydrogen-bond donors (Lipinski definition) is 4. The van der Waals surface area contributed by atoms with Crippen LogP contribution in [0.15, 0.2) is 53.6 Å². The van der Waals surface area contributed by atoms with Crippen LogP contribution in [-0.4, -0.2) is 56.1 Å². The van der Waals surface area contributed by atoms with Crippen LogP contribution in [0, 0.1) is 0 Å². The predicted molar refractivity (Wildman–Crippen MR) is 170 cm³/mol. The van der Waals surface area contributed by atoms with Crippen LogP contribution in [0.4, 0.5) is 23.1 Å². The van der Waals surface area contributed by atoms with Gasteiger partial charge < -0.3 is 25.8 Å². The molecule has 9 nitrogen and oxygen atoms in total. The molecule has 224 valence electrons. The van der Waals surface area contributed by atoms with Gasteiger partial charge >= 0.3 is 0 Å². The second-order valence-corrected chi connectivity index (χ2v) is 13.0. The Morgan fingerprint density at radius 1 is 1.17 bits per heavy atom. The zero-order valence-electron chi connectivity index (χ0n) is 24.3. The SMILES string of the molecule is CC(C)Oc1cc(C2=CCC(NCCO)CC2)c(C=O)cc1Nc1ncc(Cl)c(Nc2ccccc2S(=O)C(C)C)n1. The number of allylic oxidation sites excluding steroid dienone is 1. The zero-order chi connectivity index (χ0) is 30.2. The molecule has 0 fully saturated rings. The van der Waals surface area contributed by atoms with E-state index in [2.05, 4.69) is 32.0 Å². The third kappa shape index (κ3) is 7.95. The summed E-state index contributed by atoms with van der Waals surface area (Å²) in [6, 6.07) is 11.3. The molecule has 1 heterocycles. The Hall–Kier alpha value is -3.31. The number of benzene rings is 2. The van der Waals surface area contributed by atoms with Gasteiger partial charge in [0.15, 0.2) is 12.1 Å². The van der Waals surface area contributed by atoms with E-state index in [-0.39, 0.29) is 23.9 Å². The van der Waals surface area contributed by atoms with Gasteiger partial charge in [0.2, 0.25) is 5.95 Å². The predicted octanol–water partition coefficient (Wildman–Crippen LogP) is 6.25. The van der Waals surface area contributed by atoms with E-state index in [9.17, 15) is 9.00 Å². The number of aldehydes is 1. The Balaban J connectivity index is 1.64. The van der Waals surface area contributed by atoms with Gasteiger partial charge in [-0.3, -0.25) is 9.00 Å². The van der Waals surface area contributed by atoms with Crippen molar-refractivity contribution < 1.29 is 18.8 Å². The number of aliphatic hydroxyl groups is 1. The summed E-state index contributed by atoms with van der Waals surface area (Å²) in [5.41, 5.74) is 3.64. The Morgan fingerprint density at radius 2 is 1.95 bits per heavy atom. The third-order valence-corrected chi connectivity index (χ3v) is 8.64. The van der Waals surface area contributed by atoms with E-state index in [0.29, 0.717) is 51.0 Å². The maximum absolute atomic E-state index is 12.9. The number of aliphatic hydroxyl groups excluding tert-OH is 1. The van der Waals surface area contributed by atoms with Gasteiger partial charge in [-0.2, -0.15) is 4.98 Å². The molecule has 2 unspecified atom stereocenters. The summed E-state index contributed by atoms with van der Waals surface area (Å²) < 4.78 is 19.0. The van der Waals surface area contributed by atoms with Crippen molar-refractivity contribution in [2.24, 2.45) is 0 Å². The Bertz CT molecular complexity index is 1460. The van der Waals surface area contributed by atoms with Crippen LogP contribution in [-0.2, 0) is 10.8 Å². The first kappa shape index (κ1) is 31.6. The first-order chi connectivity index (χ1) is 20.2. The summed E-state index contributed by atoms with van der Waals surface area (Å²) in [6.07, 6.45) is 6.89. The average Bonchev–Trinajstić information content (AvgIpc) is 2.98. The summed E-state index contributed by atoms with van der Waals surface area (Å²) in [4.78, 5) is 21.8. The van der Waals surface area contributed by atoms with E-state index in [4.69, 9.17) is 21.4 Å². The number of rotatable bonds is 13. The van der Waals surface area contributed by atoms with Crippen molar-refractivity contribution in [1.29, 1.82) is 0 Å². The average molecular weight is 612 g/mol. The number of hydrogen-bond acceptors (Lipinski definition) is 9. The number of carbonyl (C=O) groups excluding carboxylic acids is 1. The summed E-state index contributed by atoms with van der Waals surface area (Å²) in [6.45, 7) is 8.35. The highest BCUT2D eigenvalue weighted by Crippen LogP contribution is 2.37. The molecule has 0 saturated carbocycles. The highest BCUT2D eigenvalue weighted by molar-refractivity contribution is 7.85. The van der Waals surface area contributed by atoms with Crippen molar-refractivity contribution >= 4 is 57.4 Å². The zero-order valence-corrected chi connectivity index (χ0v) is 25.9. The van der Waals surface area contributed by atoms with Crippen LogP contribution in [0.5, 0.6) is 5.75 Å². The molecule has 4 rings (SSSR count). The van der Waals surface area contributed by atoms with Crippen LogP contribution >= 0.6 is 11.6 Å². The van der Waals surface area contributed by atoms with Crippen LogP contribution in [0.25, 0.3) is 5.57 Å². The normalized spacial score (nSPS) is 15.8. The van der Waals surface area contributed by atoms with Crippen LogP contribution in [0.1, 0.15) is 62.9 Å². The topological polar surface area (TPSA) is 125 Å². The second kappa shape index (κ2) is 14.7. The number of nitrogens with one attached hydrogen (secondary N) is 3. The lowest BCUT2D eigenvalue weighted by atomic mass is 9.88. The molecule has 0 aliphatic heterocycles. The minimum Gasteiger partial charge on any atom is -0.489 e. The summed E-state index contributed by atoms with van der Waals surface area (Å²) >= 11 is 6.45. The van der Waals surface area contributed by atoms with E-state index in [1.165, 1.54) is 6.20 Å². The van der Waals surface area contributed by atoms with E-state index in [1.807, 2.05) is 58.0 Å². The molecule has 3 aromatic rings. The number of ether oxygens (including phenoxy) is 1. The fourth-order valence-corrected chi connectivity index (χ4v) is 5.91. The number of nitrogens with zero attached hydrogens (tertiary/aromatic N) is 2. The maximum atomic E-state index is 12.9. The molecule has 0 bridgehead atoms. The first-order valence-electron chi connectivity index (χ1n) is 14.1. The Morgan fingerprint density at radius 3 is 2.62 bits per heavy atom.